The molecule has 0 aromatic heterocycles. The van der Waals surface area contributed by atoms with Crippen molar-refractivity contribution in [3.8, 4) is 11.5 Å². The number of fused-ring (bicyclic) bond motifs is 8. The molecule has 7 heteroatoms. The van der Waals surface area contributed by atoms with Gasteiger partial charge in [-0.05, 0) is 24.5 Å². The van der Waals surface area contributed by atoms with Crippen LogP contribution in [0.15, 0.2) is 23.4 Å². The molecule has 4 aliphatic rings. The zero-order valence-electron chi connectivity index (χ0n) is 13.9. The van der Waals surface area contributed by atoms with Gasteiger partial charge in [0.15, 0.2) is 0 Å². The molecule has 130 valence electrons. The minimum Gasteiger partial charge on any atom is -0.497 e. The maximum Gasteiger partial charge on any atom is 0.230 e. The fraction of sp³-hybridized carbons (Fsp3) is 0.500. The van der Waals surface area contributed by atoms with E-state index in [1.165, 1.54) is 0 Å². The number of carbonyl (C=O) groups excluding carboxylic acids is 2. The van der Waals surface area contributed by atoms with Gasteiger partial charge in [0.1, 0.15) is 17.6 Å². The molecule has 2 aliphatic heterocycles. The Morgan fingerprint density at radius 2 is 1.84 bits per heavy atom. The third kappa shape index (κ3) is 1.78. The second-order valence-electron chi connectivity index (χ2n) is 7.11. The molecule has 2 bridgehead atoms. The highest BCUT2D eigenvalue weighted by atomic mass is 16.6. The largest absolute Gasteiger partial charge is 0.497 e. The third-order valence-electron chi connectivity index (χ3n) is 6.22. The SMILES string of the molecule is COc1ccc(C2=NOC3C4CC(C23)C2C(=O)NC(=O)C42)c(OC)c1. The van der Waals surface area contributed by atoms with Crippen molar-refractivity contribution >= 4 is 17.5 Å². The number of rotatable bonds is 3. The van der Waals surface area contributed by atoms with Crippen LogP contribution in [-0.2, 0) is 14.4 Å². The summed E-state index contributed by atoms with van der Waals surface area (Å²) in [4.78, 5) is 30.1. The standard InChI is InChI=1S/C18H18N2O5/c1-23-7-3-4-8(11(5-7)24-2)15-14-9-6-10(16(14)25-20-15)13-12(9)17(21)19-18(13)22/h3-5,9-10,12-14,16H,6H2,1-2H3,(H,19,21,22). The van der Waals surface area contributed by atoms with E-state index in [9.17, 15) is 9.59 Å². The molecule has 0 spiro atoms. The summed E-state index contributed by atoms with van der Waals surface area (Å²) in [6.45, 7) is 0. The molecule has 1 N–H and O–H groups in total. The highest BCUT2D eigenvalue weighted by Gasteiger charge is 2.68. The van der Waals surface area contributed by atoms with E-state index in [4.69, 9.17) is 14.3 Å². The molecule has 6 unspecified atom stereocenters. The molecule has 5 rings (SSSR count). The Bertz CT molecular complexity index is 820. The lowest BCUT2D eigenvalue weighted by Crippen LogP contribution is -2.41. The minimum atomic E-state index is -0.258. The van der Waals surface area contributed by atoms with Gasteiger partial charge in [-0.25, -0.2) is 0 Å². The number of hydrogen-bond acceptors (Lipinski definition) is 6. The fourth-order valence-corrected chi connectivity index (χ4v) is 5.28. The summed E-state index contributed by atoms with van der Waals surface area (Å²) in [6, 6.07) is 5.58. The molecular formula is C18H18N2O5. The van der Waals surface area contributed by atoms with Crippen molar-refractivity contribution < 1.29 is 23.9 Å². The van der Waals surface area contributed by atoms with Crippen LogP contribution < -0.4 is 14.8 Å². The van der Waals surface area contributed by atoms with E-state index in [1.807, 2.05) is 18.2 Å². The molecule has 3 fully saturated rings. The van der Waals surface area contributed by atoms with Crippen LogP contribution in [0, 0.1) is 29.6 Å². The van der Waals surface area contributed by atoms with E-state index >= 15 is 0 Å². The fourth-order valence-electron chi connectivity index (χ4n) is 5.28. The van der Waals surface area contributed by atoms with Crippen LogP contribution in [0.1, 0.15) is 12.0 Å². The number of benzene rings is 1. The molecular weight excluding hydrogens is 324 g/mol. The number of nitrogens with one attached hydrogen (secondary N) is 1. The predicted octanol–water partition coefficient (Wildman–Crippen LogP) is 0.961. The first-order valence-corrected chi connectivity index (χ1v) is 8.45. The van der Waals surface area contributed by atoms with Gasteiger partial charge in [0.2, 0.25) is 11.8 Å². The molecule has 1 aromatic carbocycles. The Labute approximate surface area is 144 Å². The highest BCUT2D eigenvalue weighted by molar-refractivity contribution is 6.09. The first-order valence-electron chi connectivity index (χ1n) is 8.45. The summed E-state index contributed by atoms with van der Waals surface area (Å²) in [7, 11) is 3.21. The van der Waals surface area contributed by atoms with Gasteiger partial charge < -0.3 is 14.3 Å². The van der Waals surface area contributed by atoms with Crippen LogP contribution in [0.2, 0.25) is 0 Å². The molecule has 6 atom stereocenters. The van der Waals surface area contributed by atoms with Gasteiger partial charge in [0.25, 0.3) is 0 Å². The van der Waals surface area contributed by atoms with Gasteiger partial charge >= 0.3 is 0 Å². The normalized spacial score (nSPS) is 37.3. The monoisotopic (exact) mass is 342 g/mol. The maximum absolute atomic E-state index is 12.2. The smallest absolute Gasteiger partial charge is 0.230 e. The number of methoxy groups -OCH3 is 2. The first kappa shape index (κ1) is 14.7. The summed E-state index contributed by atoms with van der Waals surface area (Å²) in [5.74, 6) is 0.704. The Morgan fingerprint density at radius 1 is 1.08 bits per heavy atom. The Hall–Kier alpha value is -2.57. The van der Waals surface area contributed by atoms with E-state index in [2.05, 4.69) is 10.5 Å². The van der Waals surface area contributed by atoms with Crippen LogP contribution in [0.5, 0.6) is 11.5 Å². The van der Waals surface area contributed by atoms with E-state index in [0.29, 0.717) is 11.5 Å². The summed E-state index contributed by atoms with van der Waals surface area (Å²) < 4.78 is 10.8. The number of oxime groups is 1. The van der Waals surface area contributed by atoms with Crippen LogP contribution in [0.4, 0.5) is 0 Å². The number of imide groups is 1. The molecule has 2 aliphatic carbocycles. The van der Waals surface area contributed by atoms with Crippen molar-refractivity contribution in [3.05, 3.63) is 23.8 Å². The van der Waals surface area contributed by atoms with Crippen molar-refractivity contribution in [2.75, 3.05) is 14.2 Å². The van der Waals surface area contributed by atoms with Crippen molar-refractivity contribution in [2.24, 2.45) is 34.7 Å². The second kappa shape index (κ2) is 4.97. The Balaban J connectivity index is 1.53. The minimum absolute atomic E-state index is 0.0187. The van der Waals surface area contributed by atoms with Crippen molar-refractivity contribution in [2.45, 2.75) is 12.5 Å². The number of hydrogen-bond donors (Lipinski definition) is 1. The lowest BCUT2D eigenvalue weighted by molar-refractivity contribution is -0.127. The van der Waals surface area contributed by atoms with Crippen LogP contribution in [-0.4, -0.2) is 37.8 Å². The summed E-state index contributed by atoms with van der Waals surface area (Å²) >= 11 is 0. The molecule has 1 aromatic rings. The average Bonchev–Trinajstić information content (AvgIpc) is 3.35. The lowest BCUT2D eigenvalue weighted by Gasteiger charge is -2.30. The number of amides is 2. The van der Waals surface area contributed by atoms with E-state index in [1.54, 1.807) is 14.2 Å². The molecule has 0 radical (unpaired) electrons. The lowest BCUT2D eigenvalue weighted by atomic mass is 9.71. The number of carbonyl (C=O) groups is 2. The van der Waals surface area contributed by atoms with E-state index in [-0.39, 0.29) is 47.5 Å². The molecule has 25 heavy (non-hydrogen) atoms. The summed E-state index contributed by atoms with van der Waals surface area (Å²) in [5, 5.41) is 6.81. The predicted molar refractivity (Wildman–Crippen MR) is 86.2 cm³/mol. The van der Waals surface area contributed by atoms with Crippen LogP contribution >= 0.6 is 0 Å². The van der Waals surface area contributed by atoms with Gasteiger partial charge in [0.05, 0.1) is 31.8 Å². The van der Waals surface area contributed by atoms with Crippen molar-refractivity contribution in [1.29, 1.82) is 0 Å². The third-order valence-corrected chi connectivity index (χ3v) is 6.22. The topological polar surface area (TPSA) is 86.2 Å². The van der Waals surface area contributed by atoms with Gasteiger partial charge in [-0.1, -0.05) is 5.16 Å². The summed E-state index contributed by atoms with van der Waals surface area (Å²) in [6.07, 6.45) is 0.700. The zero-order valence-corrected chi connectivity index (χ0v) is 13.9. The van der Waals surface area contributed by atoms with Gasteiger partial charge in [-0.3, -0.25) is 14.9 Å². The molecule has 2 saturated carbocycles. The molecule has 7 nitrogen and oxygen atoms in total. The highest BCUT2D eigenvalue weighted by Crippen LogP contribution is 2.60. The van der Waals surface area contributed by atoms with E-state index < -0.39 is 0 Å². The zero-order chi connectivity index (χ0) is 17.3. The number of nitrogens with zero attached hydrogens (tertiary/aromatic N) is 1. The molecule has 1 saturated heterocycles. The molecule has 2 amide bonds. The van der Waals surface area contributed by atoms with Gasteiger partial charge in [-0.2, -0.15) is 0 Å². The average molecular weight is 342 g/mol. The van der Waals surface area contributed by atoms with Gasteiger partial charge in [-0.15, -0.1) is 0 Å². The van der Waals surface area contributed by atoms with Gasteiger partial charge in [0, 0.05) is 23.5 Å². The summed E-state index contributed by atoms with van der Waals surface area (Å²) in [5.41, 5.74) is 1.66. The van der Waals surface area contributed by atoms with Crippen LogP contribution in [0.3, 0.4) is 0 Å². The van der Waals surface area contributed by atoms with E-state index in [0.717, 1.165) is 17.7 Å². The second-order valence-corrected chi connectivity index (χ2v) is 7.11. The van der Waals surface area contributed by atoms with Crippen molar-refractivity contribution in [3.63, 3.8) is 0 Å². The maximum atomic E-state index is 12.2. The number of ether oxygens (including phenoxy) is 2. The quantitative estimate of drug-likeness (QED) is 0.827. The van der Waals surface area contributed by atoms with Crippen LogP contribution in [0.25, 0.3) is 0 Å². The Morgan fingerprint density at radius 3 is 2.56 bits per heavy atom. The van der Waals surface area contributed by atoms with Crippen molar-refractivity contribution in [1.82, 2.24) is 5.32 Å². The molecule has 2 heterocycles. The first-order chi connectivity index (χ1) is 12.1. The Kier molecular flexibility index (Phi) is 2.93.